The van der Waals surface area contributed by atoms with Gasteiger partial charge < -0.3 is 20.1 Å². The number of amides is 2. The summed E-state index contributed by atoms with van der Waals surface area (Å²) in [7, 11) is -4.09. The fraction of sp³-hybridized carbons (Fsp3) is 0.310. The summed E-state index contributed by atoms with van der Waals surface area (Å²) in [6, 6.07) is 12.6. The summed E-state index contributed by atoms with van der Waals surface area (Å²) in [6.45, 7) is 2.13. The highest BCUT2D eigenvalue weighted by Crippen LogP contribution is 2.41. The zero-order chi connectivity index (χ0) is 29.3. The van der Waals surface area contributed by atoms with Crippen LogP contribution in [0, 0.1) is 18.6 Å². The highest BCUT2D eigenvalue weighted by Gasteiger charge is 2.36. The Morgan fingerprint density at radius 1 is 1.10 bits per heavy atom. The minimum atomic E-state index is -4.09. The van der Waals surface area contributed by atoms with Crippen molar-refractivity contribution in [1.29, 1.82) is 0 Å². The fourth-order valence-electron chi connectivity index (χ4n) is 5.19. The average Bonchev–Trinajstić information content (AvgIpc) is 3.44. The van der Waals surface area contributed by atoms with Crippen molar-refractivity contribution in [2.75, 3.05) is 23.9 Å². The number of nitrogens with zero attached hydrogens (tertiary/aromatic N) is 2. The van der Waals surface area contributed by atoms with Gasteiger partial charge >= 0.3 is 12.0 Å². The molecule has 1 saturated heterocycles. The second-order valence-electron chi connectivity index (χ2n) is 10.1. The van der Waals surface area contributed by atoms with Gasteiger partial charge in [-0.2, -0.15) is 0 Å². The van der Waals surface area contributed by atoms with Crippen LogP contribution < -0.4 is 14.4 Å². The van der Waals surface area contributed by atoms with Gasteiger partial charge in [0.25, 0.3) is 10.0 Å². The number of sulfonamides is 1. The molecule has 1 fully saturated rings. The Kier molecular flexibility index (Phi) is 7.85. The number of halogens is 2. The molecule has 2 amide bonds. The van der Waals surface area contributed by atoms with Crippen molar-refractivity contribution < 1.29 is 36.6 Å². The van der Waals surface area contributed by atoms with Crippen LogP contribution in [0.1, 0.15) is 24.8 Å². The number of carboxylic acids is 1. The summed E-state index contributed by atoms with van der Waals surface area (Å²) in [5, 5.41) is 12.1. The Balaban J connectivity index is 1.42. The van der Waals surface area contributed by atoms with Crippen molar-refractivity contribution in [3.8, 4) is 16.9 Å². The molecule has 2 aliphatic heterocycles. The van der Waals surface area contributed by atoms with E-state index in [4.69, 9.17) is 4.74 Å². The normalized spacial score (nSPS) is 18.5. The molecular formula is C29H29F2N3O6S. The number of ether oxygens (including phenoxy) is 1. The summed E-state index contributed by atoms with van der Waals surface area (Å²) < 4.78 is 63.5. The first-order valence-electron chi connectivity index (χ1n) is 13.2. The minimum absolute atomic E-state index is 0.0212. The van der Waals surface area contributed by atoms with Gasteiger partial charge in [-0.1, -0.05) is 18.2 Å². The third-order valence-electron chi connectivity index (χ3n) is 7.25. The van der Waals surface area contributed by atoms with E-state index >= 15 is 0 Å². The number of hydrogen-bond donors (Lipinski definition) is 2. The predicted octanol–water partition coefficient (Wildman–Crippen LogP) is 4.55. The molecule has 0 spiro atoms. The lowest BCUT2D eigenvalue weighted by atomic mass is 10.0. The summed E-state index contributed by atoms with van der Waals surface area (Å²) in [4.78, 5) is 25.4. The van der Waals surface area contributed by atoms with Crippen LogP contribution in [0.15, 0.2) is 65.6 Å². The van der Waals surface area contributed by atoms with Crippen LogP contribution in [0.2, 0.25) is 0 Å². The molecule has 0 radical (unpaired) electrons. The van der Waals surface area contributed by atoms with E-state index in [1.54, 1.807) is 25.1 Å². The number of benzene rings is 3. The molecule has 2 aliphatic rings. The van der Waals surface area contributed by atoms with Gasteiger partial charge in [0.1, 0.15) is 29.5 Å². The van der Waals surface area contributed by atoms with Crippen molar-refractivity contribution in [2.24, 2.45) is 0 Å². The molecule has 2 atom stereocenters. The number of nitrogens with one attached hydrogen (secondary N) is 1. The molecule has 0 aromatic heterocycles. The molecule has 5 rings (SSSR count). The fourth-order valence-corrected chi connectivity index (χ4v) is 6.79. The number of carboxylic acid groups (broad SMARTS) is 1. The highest BCUT2D eigenvalue weighted by molar-refractivity contribution is 7.92. The van der Waals surface area contributed by atoms with E-state index in [0.717, 1.165) is 23.8 Å². The van der Waals surface area contributed by atoms with Gasteiger partial charge in [0.15, 0.2) is 0 Å². The number of likely N-dealkylation sites (tertiary alicyclic amines) is 1. The van der Waals surface area contributed by atoms with E-state index in [0.29, 0.717) is 19.4 Å². The lowest BCUT2D eigenvalue weighted by Crippen LogP contribution is -2.48. The number of hydrogen-bond acceptors (Lipinski definition) is 5. The lowest BCUT2D eigenvalue weighted by Gasteiger charge is -2.36. The molecule has 41 heavy (non-hydrogen) atoms. The first-order chi connectivity index (χ1) is 19.5. The Hall–Kier alpha value is -4.19. The van der Waals surface area contributed by atoms with Gasteiger partial charge in [-0.05, 0) is 73.4 Å². The molecule has 12 heteroatoms. The minimum Gasteiger partial charge on any atom is -0.486 e. The molecular weight excluding hydrogens is 556 g/mol. The van der Waals surface area contributed by atoms with E-state index < -0.39 is 45.8 Å². The van der Waals surface area contributed by atoms with Crippen LogP contribution in [-0.2, 0) is 14.8 Å². The van der Waals surface area contributed by atoms with Crippen LogP contribution in [0.5, 0.6) is 5.75 Å². The monoisotopic (exact) mass is 585 g/mol. The van der Waals surface area contributed by atoms with Gasteiger partial charge in [0.2, 0.25) is 0 Å². The van der Waals surface area contributed by atoms with Crippen molar-refractivity contribution in [3.05, 3.63) is 77.9 Å². The van der Waals surface area contributed by atoms with Gasteiger partial charge in [-0.15, -0.1) is 0 Å². The maximum absolute atomic E-state index is 14.6. The molecule has 9 nitrogen and oxygen atoms in total. The van der Waals surface area contributed by atoms with Crippen molar-refractivity contribution >= 4 is 27.7 Å². The largest absolute Gasteiger partial charge is 0.486 e. The van der Waals surface area contributed by atoms with Crippen molar-refractivity contribution in [3.63, 3.8) is 0 Å². The molecule has 2 N–H and O–H groups in total. The number of aliphatic carboxylic acids is 1. The maximum atomic E-state index is 14.6. The zero-order valence-electron chi connectivity index (χ0n) is 22.2. The average molecular weight is 586 g/mol. The molecule has 0 aliphatic carbocycles. The summed E-state index contributed by atoms with van der Waals surface area (Å²) in [5.74, 6) is -2.12. The number of anilines is 1. The summed E-state index contributed by atoms with van der Waals surface area (Å²) in [6.07, 6.45) is 0.559. The summed E-state index contributed by atoms with van der Waals surface area (Å²) in [5.41, 5.74) is 1.18. The van der Waals surface area contributed by atoms with E-state index in [9.17, 15) is 31.9 Å². The lowest BCUT2D eigenvalue weighted by molar-refractivity contribution is -0.141. The van der Waals surface area contributed by atoms with Gasteiger partial charge in [0.05, 0.1) is 17.1 Å². The maximum Gasteiger partial charge on any atom is 0.326 e. The first-order valence-corrected chi connectivity index (χ1v) is 14.6. The number of urea groups is 1. The van der Waals surface area contributed by atoms with Crippen molar-refractivity contribution in [2.45, 2.75) is 43.2 Å². The smallest absolute Gasteiger partial charge is 0.326 e. The first kappa shape index (κ1) is 28.3. The van der Waals surface area contributed by atoms with Crippen LogP contribution >= 0.6 is 0 Å². The Morgan fingerprint density at radius 3 is 2.66 bits per heavy atom. The Labute approximate surface area is 236 Å². The predicted molar refractivity (Wildman–Crippen MR) is 147 cm³/mol. The van der Waals surface area contributed by atoms with Crippen LogP contribution in [-0.4, -0.2) is 62.2 Å². The quantitative estimate of drug-likeness (QED) is 0.421. The zero-order valence-corrected chi connectivity index (χ0v) is 23.0. The second kappa shape index (κ2) is 11.4. The van der Waals surface area contributed by atoms with Gasteiger partial charge in [-0.25, -0.2) is 26.8 Å². The number of fused-ring (bicyclic) bond motifs is 1. The van der Waals surface area contributed by atoms with E-state index in [-0.39, 0.29) is 47.0 Å². The highest BCUT2D eigenvalue weighted by atomic mass is 32.2. The molecule has 2 heterocycles. The number of rotatable bonds is 7. The SMILES string of the molecule is Cc1cccc(S(=O)(=O)N2C[C@H](CCNC(=O)N3CCC[C@@H]3C(=O)O)Oc3ccc(-c4cc(F)ccc4F)cc32)c1. The third-order valence-corrected chi connectivity index (χ3v) is 9.02. The van der Waals surface area contributed by atoms with Gasteiger partial charge in [-0.3, -0.25) is 4.31 Å². The van der Waals surface area contributed by atoms with Gasteiger partial charge in [0, 0.05) is 25.1 Å². The third kappa shape index (κ3) is 5.83. The summed E-state index contributed by atoms with van der Waals surface area (Å²) >= 11 is 0. The van der Waals surface area contributed by atoms with Crippen LogP contribution in [0.25, 0.3) is 11.1 Å². The number of carbonyl (C=O) groups is 2. The molecule has 3 aromatic rings. The molecule has 0 unspecified atom stereocenters. The molecule has 3 aromatic carbocycles. The van der Waals surface area contributed by atoms with E-state index in [2.05, 4.69) is 5.32 Å². The van der Waals surface area contributed by atoms with Crippen molar-refractivity contribution in [1.82, 2.24) is 10.2 Å². The number of carbonyl (C=O) groups excluding carboxylic acids is 1. The molecule has 216 valence electrons. The topological polar surface area (TPSA) is 116 Å². The Bertz CT molecular complexity index is 1600. The Morgan fingerprint density at radius 2 is 1.90 bits per heavy atom. The van der Waals surface area contributed by atoms with Crippen LogP contribution in [0.3, 0.4) is 0 Å². The molecule has 0 bridgehead atoms. The standard InChI is InChI=1S/C29H29F2N3O6S/c1-18-4-2-5-22(14-18)41(38,39)34-17-21(11-12-32-29(37)33-13-3-6-25(33)28(35)36)40-27-10-7-19(15-26(27)34)23-16-20(30)8-9-24(23)31/h2,4-5,7-10,14-16,21,25H,3,6,11-13,17H2,1H3,(H,32,37)(H,35,36)/t21-,25+/m0/s1. The molecule has 0 saturated carbocycles. The van der Waals surface area contributed by atoms with E-state index in [1.165, 1.54) is 33.5 Å². The van der Waals surface area contributed by atoms with E-state index in [1.807, 2.05) is 0 Å². The number of aryl methyl sites for hydroxylation is 1. The second-order valence-corrected chi connectivity index (χ2v) is 12.0. The van der Waals surface area contributed by atoms with Crippen LogP contribution in [0.4, 0.5) is 19.3 Å².